The van der Waals surface area contributed by atoms with E-state index >= 15 is 0 Å². The molecule has 1 aromatic heterocycles. The van der Waals surface area contributed by atoms with Gasteiger partial charge < -0.3 is 10.6 Å². The summed E-state index contributed by atoms with van der Waals surface area (Å²) in [5, 5.41) is 17.1. The van der Waals surface area contributed by atoms with Crippen LogP contribution in [0, 0.1) is 10.1 Å². The Labute approximate surface area is 232 Å². The van der Waals surface area contributed by atoms with Gasteiger partial charge in [-0.1, -0.05) is 46.3 Å². The third-order valence-electron chi connectivity index (χ3n) is 6.17. The number of aromatic nitrogens is 1. The summed E-state index contributed by atoms with van der Waals surface area (Å²) in [5.41, 5.74) is 4.16. The number of hydrogen-bond acceptors (Lipinski definition) is 6. The van der Waals surface area contributed by atoms with E-state index in [-0.39, 0.29) is 23.9 Å². The molecule has 4 aromatic rings. The summed E-state index contributed by atoms with van der Waals surface area (Å²) in [7, 11) is 0. The van der Waals surface area contributed by atoms with Gasteiger partial charge in [0.15, 0.2) is 0 Å². The lowest BCUT2D eigenvalue weighted by atomic mass is 9.99. The number of nitro groups is 1. The molecule has 0 radical (unpaired) electrons. The van der Waals surface area contributed by atoms with Gasteiger partial charge in [-0.3, -0.25) is 29.7 Å². The van der Waals surface area contributed by atoms with E-state index in [0.717, 1.165) is 10.0 Å². The molecule has 1 aliphatic heterocycles. The number of halogens is 1. The summed E-state index contributed by atoms with van der Waals surface area (Å²) in [4.78, 5) is 45.5. The molecule has 0 saturated heterocycles. The van der Waals surface area contributed by atoms with Gasteiger partial charge in [-0.25, -0.2) is 0 Å². The molecule has 0 spiro atoms. The van der Waals surface area contributed by atoms with E-state index in [0.29, 0.717) is 40.3 Å². The van der Waals surface area contributed by atoms with Gasteiger partial charge in [0, 0.05) is 51.7 Å². The van der Waals surface area contributed by atoms with Crippen LogP contribution in [0.4, 0.5) is 17.1 Å². The van der Waals surface area contributed by atoms with Crippen LogP contribution in [0.5, 0.6) is 0 Å². The Morgan fingerprint density at radius 1 is 1.03 bits per heavy atom. The molecule has 1 aliphatic rings. The molecule has 9 nitrogen and oxygen atoms in total. The third kappa shape index (κ3) is 6.24. The maximum absolute atomic E-state index is 13.2. The monoisotopic (exact) mass is 583 g/mol. The Balaban J connectivity index is 1.45. The Bertz CT molecular complexity index is 1570. The summed E-state index contributed by atoms with van der Waals surface area (Å²) in [5.74, 6) is -0.552. The maximum atomic E-state index is 13.2. The Hall–Kier alpha value is -4.70. The zero-order chi connectivity index (χ0) is 27.4. The Morgan fingerprint density at radius 3 is 2.49 bits per heavy atom. The molecule has 0 aliphatic carbocycles. The molecule has 3 aromatic carbocycles. The van der Waals surface area contributed by atoms with Crippen molar-refractivity contribution in [2.75, 3.05) is 10.6 Å². The van der Waals surface area contributed by atoms with E-state index in [2.05, 4.69) is 31.5 Å². The van der Waals surface area contributed by atoms with E-state index in [1.807, 2.05) is 30.3 Å². The van der Waals surface area contributed by atoms with Crippen LogP contribution < -0.4 is 10.6 Å². The number of amides is 2. The second-order valence-corrected chi connectivity index (χ2v) is 9.84. The normalized spacial score (nSPS) is 14.4. The van der Waals surface area contributed by atoms with Crippen LogP contribution in [0.1, 0.15) is 22.4 Å². The lowest BCUT2D eigenvalue weighted by molar-refractivity contribution is -0.384. The number of anilines is 2. The Kier molecular flexibility index (Phi) is 7.55. The smallest absolute Gasteiger partial charge is 0.271 e. The van der Waals surface area contributed by atoms with Crippen molar-refractivity contribution in [2.24, 2.45) is 4.99 Å². The number of carbonyl (C=O) groups excluding carboxylic acids is 2. The first-order valence-corrected chi connectivity index (χ1v) is 12.9. The van der Waals surface area contributed by atoms with Crippen molar-refractivity contribution in [2.45, 2.75) is 18.9 Å². The highest BCUT2D eigenvalue weighted by Gasteiger charge is 2.27. The second-order valence-electron chi connectivity index (χ2n) is 8.92. The highest BCUT2D eigenvalue weighted by Crippen LogP contribution is 2.29. The van der Waals surface area contributed by atoms with Crippen LogP contribution in [-0.2, 0) is 22.4 Å². The van der Waals surface area contributed by atoms with Crippen LogP contribution in [0.2, 0.25) is 0 Å². The standard InChI is InChI=1S/C29H22BrN5O4/c30-20-8-4-18(5-9-20)15-26-29(37)34-25-17-23(35(38)39)12-13-24(25)28(33-26)19-6-10-21(11-7-19)32-27(36)16-22-3-1-2-14-31-22/h1-14,17,26H,15-16H2,(H,32,36)(H,34,37). The lowest BCUT2D eigenvalue weighted by Crippen LogP contribution is -2.27. The lowest BCUT2D eigenvalue weighted by Gasteiger charge is -2.12. The number of carbonyl (C=O) groups is 2. The number of nitrogens with zero attached hydrogens (tertiary/aromatic N) is 3. The van der Waals surface area contributed by atoms with Gasteiger partial charge in [0.25, 0.3) is 5.69 Å². The quantitative estimate of drug-likeness (QED) is 0.224. The van der Waals surface area contributed by atoms with Crippen molar-refractivity contribution < 1.29 is 14.5 Å². The zero-order valence-corrected chi connectivity index (χ0v) is 22.1. The zero-order valence-electron chi connectivity index (χ0n) is 20.5. The second kappa shape index (κ2) is 11.4. The van der Waals surface area contributed by atoms with Crippen LogP contribution in [-0.4, -0.2) is 33.5 Å². The number of nitro benzene ring substituents is 1. The molecule has 0 fully saturated rings. The van der Waals surface area contributed by atoms with Crippen LogP contribution in [0.3, 0.4) is 0 Å². The van der Waals surface area contributed by atoms with Gasteiger partial charge in [0.2, 0.25) is 11.8 Å². The van der Waals surface area contributed by atoms with Gasteiger partial charge in [0.1, 0.15) is 6.04 Å². The summed E-state index contributed by atoms with van der Waals surface area (Å²) < 4.78 is 0.924. The number of fused-ring (bicyclic) bond motifs is 1. The van der Waals surface area contributed by atoms with E-state index in [1.165, 1.54) is 12.1 Å². The van der Waals surface area contributed by atoms with Crippen molar-refractivity contribution in [1.82, 2.24) is 4.98 Å². The third-order valence-corrected chi connectivity index (χ3v) is 6.70. The summed E-state index contributed by atoms with van der Waals surface area (Å²) >= 11 is 3.42. The number of benzodiazepines with no additional fused rings is 1. The minimum atomic E-state index is -0.759. The number of hydrogen-bond donors (Lipinski definition) is 2. The number of non-ortho nitro benzene ring substituents is 1. The average Bonchev–Trinajstić information content (AvgIpc) is 3.06. The van der Waals surface area contributed by atoms with E-state index in [4.69, 9.17) is 4.99 Å². The summed E-state index contributed by atoms with van der Waals surface area (Å²) in [6, 6.07) is 23.7. The molecule has 39 heavy (non-hydrogen) atoms. The first kappa shape index (κ1) is 25.9. The maximum Gasteiger partial charge on any atom is 0.271 e. The van der Waals surface area contributed by atoms with Crippen LogP contribution in [0.25, 0.3) is 0 Å². The van der Waals surface area contributed by atoms with Crippen LogP contribution >= 0.6 is 15.9 Å². The topological polar surface area (TPSA) is 127 Å². The van der Waals surface area contributed by atoms with E-state index in [1.54, 1.807) is 48.7 Å². The first-order chi connectivity index (χ1) is 18.9. The van der Waals surface area contributed by atoms with Gasteiger partial charge in [-0.05, 0) is 48.0 Å². The summed E-state index contributed by atoms with van der Waals surface area (Å²) in [6.45, 7) is 0. The van der Waals surface area contributed by atoms with E-state index in [9.17, 15) is 19.7 Å². The van der Waals surface area contributed by atoms with Crippen molar-refractivity contribution in [3.8, 4) is 0 Å². The largest absolute Gasteiger partial charge is 0.326 e. The highest BCUT2D eigenvalue weighted by molar-refractivity contribution is 9.10. The molecule has 1 unspecified atom stereocenters. The van der Waals surface area contributed by atoms with Crippen molar-refractivity contribution in [3.05, 3.63) is 128 Å². The van der Waals surface area contributed by atoms with Gasteiger partial charge >= 0.3 is 0 Å². The number of aliphatic imine (C=N–C) groups is 1. The van der Waals surface area contributed by atoms with Crippen molar-refractivity contribution in [3.63, 3.8) is 0 Å². The summed E-state index contributed by atoms with van der Waals surface area (Å²) in [6.07, 6.45) is 2.13. The van der Waals surface area contributed by atoms with Crippen LogP contribution in [0.15, 0.2) is 101 Å². The molecule has 1 atom stereocenters. The average molecular weight is 584 g/mol. The molecule has 0 bridgehead atoms. The number of rotatable bonds is 7. The van der Waals surface area contributed by atoms with Gasteiger partial charge in [0.05, 0.1) is 22.7 Å². The molecule has 2 N–H and O–H groups in total. The van der Waals surface area contributed by atoms with Gasteiger partial charge in [-0.2, -0.15) is 0 Å². The molecule has 194 valence electrons. The number of benzene rings is 3. The molecule has 2 heterocycles. The molecule has 2 amide bonds. The van der Waals surface area contributed by atoms with E-state index < -0.39 is 11.0 Å². The Morgan fingerprint density at radius 2 is 1.79 bits per heavy atom. The highest BCUT2D eigenvalue weighted by atomic mass is 79.9. The molecular formula is C29H22BrN5O4. The molecule has 5 rings (SSSR count). The predicted octanol–water partition coefficient (Wildman–Crippen LogP) is 5.33. The number of nitrogens with one attached hydrogen (secondary N) is 2. The molecular weight excluding hydrogens is 562 g/mol. The minimum absolute atomic E-state index is 0.134. The fraction of sp³-hybridized carbons (Fsp3) is 0.103. The number of pyridine rings is 1. The fourth-order valence-electron chi connectivity index (χ4n) is 4.25. The SMILES string of the molecule is O=C(Cc1ccccn1)Nc1ccc(C2=NC(Cc3ccc(Br)cc3)C(=O)Nc3cc([N+](=O)[O-])ccc32)cc1. The van der Waals surface area contributed by atoms with Gasteiger partial charge in [-0.15, -0.1) is 0 Å². The molecule has 0 saturated carbocycles. The predicted molar refractivity (Wildman–Crippen MR) is 152 cm³/mol. The first-order valence-electron chi connectivity index (χ1n) is 12.1. The molecule has 10 heteroatoms. The van der Waals surface area contributed by atoms with Crippen molar-refractivity contribution in [1.29, 1.82) is 0 Å². The minimum Gasteiger partial charge on any atom is -0.326 e. The van der Waals surface area contributed by atoms with Crippen molar-refractivity contribution >= 4 is 50.5 Å². The fourth-order valence-corrected chi connectivity index (χ4v) is 4.52.